The maximum absolute atomic E-state index is 13.0. The van der Waals surface area contributed by atoms with Crippen LogP contribution in [0.4, 0.5) is 13.2 Å². The van der Waals surface area contributed by atoms with Crippen LogP contribution < -0.4 is 11.3 Å². The number of hydrogen-bond acceptors (Lipinski definition) is 2. The number of benzene rings is 1. The third-order valence-electron chi connectivity index (χ3n) is 2.76. The van der Waals surface area contributed by atoms with Gasteiger partial charge >= 0.3 is 0 Å². The van der Waals surface area contributed by atoms with E-state index in [2.05, 4.69) is 5.43 Å². The first kappa shape index (κ1) is 13.0. The molecule has 0 aliphatic heterocycles. The molecule has 0 saturated heterocycles. The molecule has 1 aromatic carbocycles. The molecular weight excluding hydrogens is 217 g/mol. The predicted molar refractivity (Wildman–Crippen MR) is 55.8 cm³/mol. The van der Waals surface area contributed by atoms with Gasteiger partial charge < -0.3 is 0 Å². The lowest BCUT2D eigenvalue weighted by Gasteiger charge is -2.22. The minimum Gasteiger partial charge on any atom is -0.271 e. The van der Waals surface area contributed by atoms with E-state index in [1.807, 2.05) is 13.8 Å². The molecule has 0 saturated carbocycles. The Bertz CT molecular complexity index is 345. The minimum atomic E-state index is -1.45. The van der Waals surface area contributed by atoms with Gasteiger partial charge in [0, 0.05) is 6.04 Å². The Hall–Kier alpha value is -1.07. The fraction of sp³-hybridized carbons (Fsp3) is 0.455. The van der Waals surface area contributed by atoms with Crippen LogP contribution in [0.15, 0.2) is 12.1 Å². The van der Waals surface area contributed by atoms with Gasteiger partial charge in [-0.3, -0.25) is 11.3 Å². The molecule has 0 aliphatic carbocycles. The second-order valence-corrected chi connectivity index (χ2v) is 3.83. The second-order valence-electron chi connectivity index (χ2n) is 3.83. The standard InChI is InChI=1S/C11H15F3N2/c1-3-6(2)11(16-15)7-4-8(12)10(14)9(13)5-7/h4-6,11,16H,3,15H2,1-2H3. The molecular formula is C11H15F3N2. The fourth-order valence-electron chi connectivity index (χ4n) is 1.58. The number of nitrogens with one attached hydrogen (secondary N) is 1. The third-order valence-corrected chi connectivity index (χ3v) is 2.76. The molecule has 1 rings (SSSR count). The van der Waals surface area contributed by atoms with Crippen LogP contribution in [0.5, 0.6) is 0 Å². The molecule has 0 bridgehead atoms. The first-order valence-electron chi connectivity index (χ1n) is 5.11. The molecule has 0 aromatic heterocycles. The van der Waals surface area contributed by atoms with Crippen LogP contribution in [0.3, 0.4) is 0 Å². The highest BCUT2D eigenvalue weighted by molar-refractivity contribution is 5.23. The average Bonchev–Trinajstić information content (AvgIpc) is 2.26. The minimum absolute atomic E-state index is 0.0919. The Morgan fingerprint density at radius 3 is 2.12 bits per heavy atom. The summed E-state index contributed by atoms with van der Waals surface area (Å²) in [5.74, 6) is 1.58. The van der Waals surface area contributed by atoms with Crippen molar-refractivity contribution in [2.45, 2.75) is 26.3 Å². The average molecular weight is 232 g/mol. The van der Waals surface area contributed by atoms with Gasteiger partial charge in [-0.05, 0) is 23.6 Å². The van der Waals surface area contributed by atoms with E-state index in [1.165, 1.54) is 0 Å². The van der Waals surface area contributed by atoms with Gasteiger partial charge in [0.1, 0.15) is 0 Å². The quantitative estimate of drug-likeness (QED) is 0.476. The third kappa shape index (κ3) is 2.54. The molecule has 16 heavy (non-hydrogen) atoms. The second kappa shape index (κ2) is 5.32. The van der Waals surface area contributed by atoms with E-state index in [9.17, 15) is 13.2 Å². The first-order valence-corrected chi connectivity index (χ1v) is 5.11. The van der Waals surface area contributed by atoms with Crippen molar-refractivity contribution in [3.63, 3.8) is 0 Å². The van der Waals surface area contributed by atoms with Crippen molar-refractivity contribution in [3.8, 4) is 0 Å². The largest absolute Gasteiger partial charge is 0.271 e. The summed E-state index contributed by atoms with van der Waals surface area (Å²) in [4.78, 5) is 0. The van der Waals surface area contributed by atoms with Crippen LogP contribution in [0.1, 0.15) is 31.9 Å². The molecule has 0 fully saturated rings. The van der Waals surface area contributed by atoms with E-state index in [4.69, 9.17) is 5.84 Å². The highest BCUT2D eigenvalue weighted by Crippen LogP contribution is 2.26. The number of nitrogens with two attached hydrogens (primary N) is 1. The van der Waals surface area contributed by atoms with Crippen LogP contribution in [-0.4, -0.2) is 0 Å². The van der Waals surface area contributed by atoms with Crippen molar-refractivity contribution in [2.24, 2.45) is 11.8 Å². The van der Waals surface area contributed by atoms with E-state index in [1.54, 1.807) is 0 Å². The highest BCUT2D eigenvalue weighted by Gasteiger charge is 2.20. The molecule has 90 valence electrons. The van der Waals surface area contributed by atoms with Crippen molar-refractivity contribution >= 4 is 0 Å². The van der Waals surface area contributed by atoms with Gasteiger partial charge in [-0.15, -0.1) is 0 Å². The van der Waals surface area contributed by atoms with E-state index in [0.717, 1.165) is 18.6 Å². The lowest BCUT2D eigenvalue weighted by molar-refractivity contribution is 0.375. The van der Waals surface area contributed by atoms with Gasteiger partial charge in [0.2, 0.25) is 0 Å². The molecule has 5 heteroatoms. The molecule has 1 aromatic rings. The fourth-order valence-corrected chi connectivity index (χ4v) is 1.58. The molecule has 0 heterocycles. The molecule has 2 atom stereocenters. The molecule has 0 amide bonds. The topological polar surface area (TPSA) is 38.0 Å². The normalized spacial score (nSPS) is 14.9. The van der Waals surface area contributed by atoms with Crippen LogP contribution in [-0.2, 0) is 0 Å². The summed E-state index contributed by atoms with van der Waals surface area (Å²) in [7, 11) is 0. The van der Waals surface area contributed by atoms with Gasteiger partial charge in [0.15, 0.2) is 17.5 Å². The molecule has 0 radical (unpaired) electrons. The molecule has 2 nitrogen and oxygen atoms in total. The first-order chi connectivity index (χ1) is 7.51. The molecule has 2 unspecified atom stereocenters. The zero-order valence-electron chi connectivity index (χ0n) is 9.23. The van der Waals surface area contributed by atoms with Crippen molar-refractivity contribution in [3.05, 3.63) is 35.1 Å². The van der Waals surface area contributed by atoms with Crippen LogP contribution in [0, 0.1) is 23.4 Å². The zero-order valence-corrected chi connectivity index (χ0v) is 9.23. The van der Waals surface area contributed by atoms with Gasteiger partial charge in [-0.1, -0.05) is 20.3 Å². The Morgan fingerprint density at radius 2 is 1.75 bits per heavy atom. The van der Waals surface area contributed by atoms with Crippen LogP contribution in [0.25, 0.3) is 0 Å². The SMILES string of the molecule is CCC(C)C(NN)c1cc(F)c(F)c(F)c1. The van der Waals surface area contributed by atoms with Crippen LogP contribution >= 0.6 is 0 Å². The zero-order chi connectivity index (χ0) is 12.3. The molecule has 3 N–H and O–H groups in total. The number of halogens is 3. The van der Waals surface area contributed by atoms with Crippen molar-refractivity contribution in [2.75, 3.05) is 0 Å². The van der Waals surface area contributed by atoms with E-state index in [0.29, 0.717) is 5.56 Å². The molecule has 0 spiro atoms. The van der Waals surface area contributed by atoms with E-state index >= 15 is 0 Å². The summed E-state index contributed by atoms with van der Waals surface area (Å²) in [6, 6.07) is 1.54. The summed E-state index contributed by atoms with van der Waals surface area (Å²) in [5, 5.41) is 0. The molecule has 0 aliphatic rings. The lowest BCUT2D eigenvalue weighted by atomic mass is 9.93. The van der Waals surface area contributed by atoms with E-state index < -0.39 is 23.5 Å². The van der Waals surface area contributed by atoms with Gasteiger partial charge in [0.25, 0.3) is 0 Å². The maximum atomic E-state index is 13.0. The number of hydrogen-bond donors (Lipinski definition) is 2. The summed E-state index contributed by atoms with van der Waals surface area (Å²) in [6.45, 7) is 3.83. The van der Waals surface area contributed by atoms with Crippen LogP contribution in [0.2, 0.25) is 0 Å². The predicted octanol–water partition coefficient (Wildman–Crippen LogP) is 2.65. The van der Waals surface area contributed by atoms with Crippen molar-refractivity contribution in [1.29, 1.82) is 0 Å². The highest BCUT2D eigenvalue weighted by atomic mass is 19.2. The van der Waals surface area contributed by atoms with Crippen molar-refractivity contribution < 1.29 is 13.2 Å². The number of hydrazine groups is 1. The Labute approximate surface area is 92.6 Å². The summed E-state index contributed by atoms with van der Waals surface area (Å²) in [6.07, 6.45) is 0.787. The van der Waals surface area contributed by atoms with E-state index in [-0.39, 0.29) is 5.92 Å². The maximum Gasteiger partial charge on any atom is 0.194 e. The Balaban J connectivity index is 3.11. The summed E-state index contributed by atoms with van der Waals surface area (Å²) < 4.78 is 38.8. The lowest BCUT2D eigenvalue weighted by Crippen LogP contribution is -2.32. The smallest absolute Gasteiger partial charge is 0.194 e. The Morgan fingerprint density at radius 1 is 1.25 bits per heavy atom. The summed E-state index contributed by atoms with van der Waals surface area (Å²) in [5.41, 5.74) is 2.80. The van der Waals surface area contributed by atoms with Crippen molar-refractivity contribution in [1.82, 2.24) is 5.43 Å². The monoisotopic (exact) mass is 232 g/mol. The Kier molecular flexibility index (Phi) is 4.32. The van der Waals surface area contributed by atoms with Gasteiger partial charge in [-0.2, -0.15) is 0 Å². The van der Waals surface area contributed by atoms with Gasteiger partial charge in [0.05, 0.1) is 0 Å². The summed E-state index contributed by atoms with van der Waals surface area (Å²) >= 11 is 0. The number of rotatable bonds is 4. The van der Waals surface area contributed by atoms with Gasteiger partial charge in [-0.25, -0.2) is 13.2 Å².